The molecular formula is C17H16N4O4. The smallest absolute Gasteiger partial charge is 0.357 e. The minimum absolute atomic E-state index is 0.0460. The summed E-state index contributed by atoms with van der Waals surface area (Å²) in [5.41, 5.74) is 6.44. The summed E-state index contributed by atoms with van der Waals surface area (Å²) < 4.78 is 10.2. The lowest BCUT2D eigenvalue weighted by atomic mass is 10.0. The maximum atomic E-state index is 12.4. The second-order valence-corrected chi connectivity index (χ2v) is 5.16. The average molecular weight is 340 g/mol. The SMILES string of the molecule is CCOC(=O)c1cc(-c2cccc(OC)c2)c2c(=O)[nH]c(N)nc2n1. The number of ether oxygens (including phenoxy) is 2. The van der Waals surface area contributed by atoms with Crippen molar-refractivity contribution in [3.8, 4) is 16.9 Å². The molecule has 128 valence electrons. The zero-order valence-electron chi connectivity index (χ0n) is 13.7. The van der Waals surface area contributed by atoms with Gasteiger partial charge in [-0.3, -0.25) is 9.78 Å². The highest BCUT2D eigenvalue weighted by molar-refractivity contribution is 5.98. The summed E-state index contributed by atoms with van der Waals surface area (Å²) in [5, 5.41) is 0.232. The number of aromatic amines is 1. The van der Waals surface area contributed by atoms with Crippen LogP contribution in [0, 0.1) is 0 Å². The Hall–Kier alpha value is -3.42. The molecule has 2 heterocycles. The van der Waals surface area contributed by atoms with Crippen molar-refractivity contribution in [1.29, 1.82) is 0 Å². The van der Waals surface area contributed by atoms with Crippen LogP contribution in [0.2, 0.25) is 0 Å². The van der Waals surface area contributed by atoms with E-state index < -0.39 is 11.5 Å². The highest BCUT2D eigenvalue weighted by Gasteiger charge is 2.18. The molecule has 2 aromatic heterocycles. The molecule has 0 spiro atoms. The van der Waals surface area contributed by atoms with Gasteiger partial charge in [0.2, 0.25) is 5.95 Å². The van der Waals surface area contributed by atoms with Crippen molar-refractivity contribution < 1.29 is 14.3 Å². The predicted molar refractivity (Wildman–Crippen MR) is 92.5 cm³/mol. The summed E-state index contributed by atoms with van der Waals surface area (Å²) in [4.78, 5) is 35.1. The third-order valence-electron chi connectivity index (χ3n) is 3.56. The second kappa shape index (κ2) is 6.60. The van der Waals surface area contributed by atoms with Crippen LogP contribution in [0.3, 0.4) is 0 Å². The summed E-state index contributed by atoms with van der Waals surface area (Å²) in [6, 6.07) is 8.60. The Morgan fingerprint density at radius 1 is 1.28 bits per heavy atom. The van der Waals surface area contributed by atoms with Crippen molar-refractivity contribution in [2.45, 2.75) is 6.92 Å². The van der Waals surface area contributed by atoms with Crippen molar-refractivity contribution in [3.63, 3.8) is 0 Å². The number of carbonyl (C=O) groups is 1. The molecule has 0 amide bonds. The lowest BCUT2D eigenvalue weighted by Crippen LogP contribution is -2.15. The van der Waals surface area contributed by atoms with Crippen molar-refractivity contribution in [2.24, 2.45) is 0 Å². The van der Waals surface area contributed by atoms with Crippen molar-refractivity contribution >= 4 is 23.0 Å². The first-order valence-corrected chi connectivity index (χ1v) is 7.55. The fourth-order valence-corrected chi connectivity index (χ4v) is 2.49. The number of aromatic nitrogens is 3. The van der Waals surface area contributed by atoms with E-state index in [0.29, 0.717) is 16.9 Å². The number of carbonyl (C=O) groups excluding carboxylic acids is 1. The molecule has 1 aromatic carbocycles. The highest BCUT2D eigenvalue weighted by atomic mass is 16.5. The Morgan fingerprint density at radius 2 is 2.08 bits per heavy atom. The molecule has 0 saturated heterocycles. The van der Waals surface area contributed by atoms with Gasteiger partial charge in [-0.25, -0.2) is 9.78 Å². The summed E-state index contributed by atoms with van der Waals surface area (Å²) in [7, 11) is 1.54. The number of benzene rings is 1. The number of fused-ring (bicyclic) bond motifs is 1. The standard InChI is InChI=1S/C17H16N4O4/c1-3-25-16(23)12-8-11(9-5-4-6-10(7-9)24-2)13-14(19-12)20-17(18)21-15(13)22/h4-8H,3H2,1-2H3,(H3,18,19,20,21,22). The lowest BCUT2D eigenvalue weighted by Gasteiger charge is -2.10. The molecule has 0 bridgehead atoms. The van der Waals surface area contributed by atoms with Crippen LogP contribution in [0.25, 0.3) is 22.2 Å². The van der Waals surface area contributed by atoms with E-state index in [2.05, 4.69) is 15.0 Å². The number of rotatable bonds is 4. The topological polar surface area (TPSA) is 120 Å². The number of nitrogens with two attached hydrogens (primary N) is 1. The third kappa shape index (κ3) is 3.14. The van der Waals surface area contributed by atoms with Gasteiger partial charge < -0.3 is 15.2 Å². The Morgan fingerprint density at radius 3 is 2.80 bits per heavy atom. The van der Waals surface area contributed by atoms with Gasteiger partial charge in [-0.15, -0.1) is 0 Å². The Balaban J connectivity index is 2.34. The third-order valence-corrected chi connectivity index (χ3v) is 3.56. The number of hydrogen-bond acceptors (Lipinski definition) is 7. The van der Waals surface area contributed by atoms with Crippen LogP contribution in [0.15, 0.2) is 35.1 Å². The number of nitrogens with zero attached hydrogens (tertiary/aromatic N) is 2. The molecule has 0 unspecified atom stereocenters. The molecule has 0 aliphatic heterocycles. The molecule has 8 nitrogen and oxygen atoms in total. The van der Waals surface area contributed by atoms with Gasteiger partial charge in [0.15, 0.2) is 11.3 Å². The van der Waals surface area contributed by atoms with Crippen LogP contribution in [0.5, 0.6) is 5.75 Å². The van der Waals surface area contributed by atoms with Gasteiger partial charge in [0.05, 0.1) is 19.1 Å². The van der Waals surface area contributed by atoms with E-state index in [1.807, 2.05) is 0 Å². The van der Waals surface area contributed by atoms with Crippen LogP contribution in [0.1, 0.15) is 17.4 Å². The van der Waals surface area contributed by atoms with E-state index in [9.17, 15) is 9.59 Å². The quantitative estimate of drug-likeness (QED) is 0.694. The number of hydrogen-bond donors (Lipinski definition) is 2. The molecular weight excluding hydrogens is 324 g/mol. The molecule has 3 rings (SSSR count). The van der Waals surface area contributed by atoms with Gasteiger partial charge in [0, 0.05) is 5.56 Å². The van der Waals surface area contributed by atoms with Gasteiger partial charge in [-0.05, 0) is 30.7 Å². The number of pyridine rings is 1. The average Bonchev–Trinajstić information content (AvgIpc) is 2.60. The minimum atomic E-state index is -0.603. The second-order valence-electron chi connectivity index (χ2n) is 5.16. The zero-order chi connectivity index (χ0) is 18.0. The Kier molecular flexibility index (Phi) is 4.34. The van der Waals surface area contributed by atoms with Crippen molar-refractivity contribution in [3.05, 3.63) is 46.4 Å². The minimum Gasteiger partial charge on any atom is -0.497 e. The number of methoxy groups -OCH3 is 1. The Labute approximate surface area is 142 Å². The largest absolute Gasteiger partial charge is 0.497 e. The van der Waals surface area contributed by atoms with Crippen LogP contribution in [0.4, 0.5) is 5.95 Å². The summed E-state index contributed by atoms with van der Waals surface area (Å²) in [5.74, 6) is -0.0724. The van der Waals surface area contributed by atoms with E-state index in [1.54, 1.807) is 38.3 Å². The van der Waals surface area contributed by atoms with Crippen LogP contribution in [-0.2, 0) is 4.74 Å². The molecule has 3 N–H and O–H groups in total. The van der Waals surface area contributed by atoms with Gasteiger partial charge in [0.1, 0.15) is 5.75 Å². The van der Waals surface area contributed by atoms with Gasteiger partial charge in [-0.1, -0.05) is 12.1 Å². The summed E-state index contributed by atoms with van der Waals surface area (Å²) in [6.07, 6.45) is 0. The molecule has 25 heavy (non-hydrogen) atoms. The zero-order valence-corrected chi connectivity index (χ0v) is 13.7. The normalized spacial score (nSPS) is 10.6. The molecule has 0 fully saturated rings. The first-order valence-electron chi connectivity index (χ1n) is 7.55. The van der Waals surface area contributed by atoms with E-state index >= 15 is 0 Å². The van der Waals surface area contributed by atoms with E-state index in [4.69, 9.17) is 15.2 Å². The first-order chi connectivity index (χ1) is 12.0. The predicted octanol–water partition coefficient (Wildman–Crippen LogP) is 1.75. The lowest BCUT2D eigenvalue weighted by molar-refractivity contribution is 0.0520. The van der Waals surface area contributed by atoms with Gasteiger partial charge >= 0.3 is 5.97 Å². The summed E-state index contributed by atoms with van der Waals surface area (Å²) in [6.45, 7) is 1.90. The maximum Gasteiger partial charge on any atom is 0.357 e. The number of nitrogens with one attached hydrogen (secondary N) is 1. The van der Waals surface area contributed by atoms with Gasteiger partial charge in [-0.2, -0.15) is 4.98 Å². The van der Waals surface area contributed by atoms with Crippen molar-refractivity contribution in [2.75, 3.05) is 19.5 Å². The van der Waals surface area contributed by atoms with E-state index in [-0.39, 0.29) is 29.3 Å². The van der Waals surface area contributed by atoms with E-state index in [0.717, 1.165) is 0 Å². The number of anilines is 1. The highest BCUT2D eigenvalue weighted by Crippen LogP contribution is 2.28. The molecule has 8 heteroatoms. The van der Waals surface area contributed by atoms with Gasteiger partial charge in [0.25, 0.3) is 5.56 Å². The summed E-state index contributed by atoms with van der Waals surface area (Å²) >= 11 is 0. The van der Waals surface area contributed by atoms with Crippen LogP contribution >= 0.6 is 0 Å². The number of nitrogen functional groups attached to an aromatic ring is 1. The number of esters is 1. The first kappa shape index (κ1) is 16.4. The van der Waals surface area contributed by atoms with Crippen LogP contribution < -0.4 is 16.0 Å². The molecule has 0 atom stereocenters. The van der Waals surface area contributed by atoms with E-state index in [1.165, 1.54) is 6.07 Å². The fourth-order valence-electron chi connectivity index (χ4n) is 2.49. The van der Waals surface area contributed by atoms with Crippen molar-refractivity contribution in [1.82, 2.24) is 15.0 Å². The molecule has 0 radical (unpaired) electrons. The van der Waals surface area contributed by atoms with Crippen LogP contribution in [-0.4, -0.2) is 34.6 Å². The molecule has 0 aliphatic carbocycles. The Bertz CT molecular complexity index is 1010. The molecule has 3 aromatic rings. The molecule has 0 saturated carbocycles. The molecule has 0 aliphatic rings. The fraction of sp³-hybridized carbons (Fsp3) is 0.176. The monoisotopic (exact) mass is 340 g/mol. The maximum absolute atomic E-state index is 12.4. The number of H-pyrrole nitrogens is 1.